The molecule has 114 valence electrons. The van der Waals surface area contributed by atoms with Gasteiger partial charge < -0.3 is 10.2 Å². The molecule has 1 aromatic heterocycles. The predicted octanol–water partition coefficient (Wildman–Crippen LogP) is 3.32. The Labute approximate surface area is 127 Å². The first-order valence-electron chi connectivity index (χ1n) is 8.01. The summed E-state index contributed by atoms with van der Waals surface area (Å²) in [7, 11) is 2.24. The van der Waals surface area contributed by atoms with Crippen LogP contribution in [0.1, 0.15) is 55.1 Å². The summed E-state index contributed by atoms with van der Waals surface area (Å²) in [6.45, 7) is 10.1. The second kappa shape index (κ2) is 7.01. The fraction of sp³-hybridized carbons (Fsp3) is 0.812. The molecule has 1 aliphatic rings. The largest absolute Gasteiger partial charge is 0.306 e. The van der Waals surface area contributed by atoms with Crippen LogP contribution in [-0.2, 0) is 12.0 Å². The van der Waals surface area contributed by atoms with Gasteiger partial charge in [0, 0.05) is 11.4 Å². The molecule has 1 aliphatic heterocycles. The molecule has 0 amide bonds. The standard InChI is InChI=1S/C16H29N3S/c1-5-10-17-16(8-7-11-19(4)12-9-16)15-18-14(6-2)13(3)20-15/h17H,5-12H2,1-4H3. The van der Waals surface area contributed by atoms with Crippen LogP contribution in [0.4, 0.5) is 0 Å². The summed E-state index contributed by atoms with van der Waals surface area (Å²) in [6.07, 6.45) is 5.88. The van der Waals surface area contributed by atoms with Crippen LogP contribution in [0.25, 0.3) is 0 Å². The molecule has 0 aliphatic carbocycles. The fourth-order valence-electron chi connectivity index (χ4n) is 3.06. The monoisotopic (exact) mass is 295 g/mol. The van der Waals surface area contributed by atoms with Crippen molar-refractivity contribution in [2.45, 2.75) is 58.4 Å². The van der Waals surface area contributed by atoms with Crippen molar-refractivity contribution in [1.29, 1.82) is 0 Å². The van der Waals surface area contributed by atoms with Crippen LogP contribution in [0, 0.1) is 6.92 Å². The highest BCUT2D eigenvalue weighted by Crippen LogP contribution is 2.36. The van der Waals surface area contributed by atoms with Crippen molar-refractivity contribution in [2.24, 2.45) is 0 Å². The zero-order valence-corrected chi connectivity index (χ0v) is 14.3. The predicted molar refractivity (Wildman–Crippen MR) is 87.5 cm³/mol. The van der Waals surface area contributed by atoms with Crippen molar-refractivity contribution in [3.8, 4) is 0 Å². The van der Waals surface area contributed by atoms with Crippen molar-refractivity contribution < 1.29 is 0 Å². The van der Waals surface area contributed by atoms with E-state index in [1.165, 1.54) is 47.8 Å². The summed E-state index contributed by atoms with van der Waals surface area (Å²) in [5.41, 5.74) is 1.41. The number of aryl methyl sites for hydroxylation is 2. The van der Waals surface area contributed by atoms with Crippen LogP contribution < -0.4 is 5.32 Å². The Morgan fingerprint density at radius 3 is 2.75 bits per heavy atom. The topological polar surface area (TPSA) is 28.2 Å². The van der Waals surface area contributed by atoms with Crippen molar-refractivity contribution in [2.75, 3.05) is 26.7 Å². The van der Waals surface area contributed by atoms with Gasteiger partial charge in [0.1, 0.15) is 5.01 Å². The number of rotatable bonds is 5. The Kier molecular flexibility index (Phi) is 5.58. The van der Waals surface area contributed by atoms with Gasteiger partial charge in [-0.05, 0) is 59.2 Å². The Balaban J connectivity index is 2.29. The molecule has 2 heterocycles. The average molecular weight is 295 g/mol. The molecule has 0 spiro atoms. The number of nitrogens with zero attached hydrogens (tertiary/aromatic N) is 2. The van der Waals surface area contributed by atoms with E-state index < -0.39 is 0 Å². The van der Waals surface area contributed by atoms with E-state index in [0.29, 0.717) is 0 Å². The molecule has 0 bridgehead atoms. The van der Waals surface area contributed by atoms with E-state index in [4.69, 9.17) is 4.98 Å². The lowest BCUT2D eigenvalue weighted by molar-refractivity contribution is 0.279. The zero-order valence-electron chi connectivity index (χ0n) is 13.5. The van der Waals surface area contributed by atoms with Crippen LogP contribution in [0.15, 0.2) is 0 Å². The highest BCUT2D eigenvalue weighted by atomic mass is 32.1. The molecule has 0 saturated carbocycles. The number of aromatic nitrogens is 1. The third-order valence-electron chi connectivity index (χ3n) is 4.41. The van der Waals surface area contributed by atoms with Crippen molar-refractivity contribution >= 4 is 11.3 Å². The SMILES string of the molecule is CCCNC1(c2nc(CC)c(C)s2)CCCN(C)CC1. The minimum absolute atomic E-state index is 0.115. The van der Waals surface area contributed by atoms with Gasteiger partial charge in [-0.2, -0.15) is 0 Å². The summed E-state index contributed by atoms with van der Waals surface area (Å²) in [5, 5.41) is 5.18. The lowest BCUT2D eigenvalue weighted by atomic mass is 9.91. The fourth-order valence-corrected chi connectivity index (χ4v) is 4.29. The van der Waals surface area contributed by atoms with Gasteiger partial charge in [-0.15, -0.1) is 11.3 Å². The van der Waals surface area contributed by atoms with Gasteiger partial charge in [0.15, 0.2) is 0 Å². The molecular formula is C16H29N3S. The minimum atomic E-state index is 0.115. The molecule has 0 aromatic carbocycles. The van der Waals surface area contributed by atoms with Gasteiger partial charge in [0.05, 0.1) is 11.2 Å². The molecule has 4 heteroatoms. The van der Waals surface area contributed by atoms with E-state index in [-0.39, 0.29) is 5.54 Å². The molecule has 1 N–H and O–H groups in total. The first-order chi connectivity index (χ1) is 9.61. The maximum absolute atomic E-state index is 4.98. The van der Waals surface area contributed by atoms with Gasteiger partial charge in [0.2, 0.25) is 0 Å². The molecule has 1 saturated heterocycles. The summed E-state index contributed by atoms with van der Waals surface area (Å²) in [6, 6.07) is 0. The Hall–Kier alpha value is -0.450. The highest BCUT2D eigenvalue weighted by Gasteiger charge is 2.36. The number of likely N-dealkylation sites (tertiary alicyclic amines) is 1. The first kappa shape index (κ1) is 15.9. The third kappa shape index (κ3) is 3.41. The van der Waals surface area contributed by atoms with Gasteiger partial charge in [-0.25, -0.2) is 4.98 Å². The summed E-state index contributed by atoms with van der Waals surface area (Å²) >= 11 is 1.91. The van der Waals surface area contributed by atoms with Crippen LogP contribution in [-0.4, -0.2) is 36.6 Å². The average Bonchev–Trinajstić information content (AvgIpc) is 2.72. The third-order valence-corrected chi connectivity index (χ3v) is 5.63. The maximum atomic E-state index is 4.98. The molecule has 3 nitrogen and oxygen atoms in total. The van der Waals surface area contributed by atoms with Crippen LogP contribution in [0.5, 0.6) is 0 Å². The molecular weight excluding hydrogens is 266 g/mol. The Morgan fingerprint density at radius 1 is 1.30 bits per heavy atom. The normalized spacial score (nSPS) is 24.8. The summed E-state index contributed by atoms with van der Waals surface area (Å²) in [4.78, 5) is 8.84. The number of thiazole rings is 1. The Morgan fingerprint density at radius 2 is 2.10 bits per heavy atom. The van der Waals surface area contributed by atoms with Crippen molar-refractivity contribution in [3.05, 3.63) is 15.6 Å². The van der Waals surface area contributed by atoms with Crippen LogP contribution in [0.2, 0.25) is 0 Å². The van der Waals surface area contributed by atoms with E-state index in [1.54, 1.807) is 0 Å². The quantitative estimate of drug-likeness (QED) is 0.903. The zero-order chi connectivity index (χ0) is 14.6. The number of hydrogen-bond acceptors (Lipinski definition) is 4. The van der Waals surface area contributed by atoms with E-state index >= 15 is 0 Å². The number of nitrogens with one attached hydrogen (secondary N) is 1. The minimum Gasteiger partial charge on any atom is -0.306 e. The molecule has 20 heavy (non-hydrogen) atoms. The molecule has 1 aromatic rings. The van der Waals surface area contributed by atoms with E-state index in [0.717, 1.165) is 19.5 Å². The lowest BCUT2D eigenvalue weighted by Gasteiger charge is -2.32. The van der Waals surface area contributed by atoms with E-state index in [2.05, 4.69) is 38.0 Å². The van der Waals surface area contributed by atoms with Gasteiger partial charge >= 0.3 is 0 Å². The lowest BCUT2D eigenvalue weighted by Crippen LogP contribution is -2.43. The highest BCUT2D eigenvalue weighted by molar-refractivity contribution is 7.11. The van der Waals surface area contributed by atoms with Gasteiger partial charge in [-0.3, -0.25) is 0 Å². The molecule has 2 rings (SSSR count). The van der Waals surface area contributed by atoms with Crippen molar-refractivity contribution in [3.63, 3.8) is 0 Å². The smallest absolute Gasteiger partial charge is 0.113 e. The van der Waals surface area contributed by atoms with E-state index in [1.807, 2.05) is 11.3 Å². The molecule has 0 radical (unpaired) electrons. The van der Waals surface area contributed by atoms with Gasteiger partial charge in [-0.1, -0.05) is 13.8 Å². The second-order valence-corrected chi connectivity index (χ2v) is 7.24. The molecule has 1 atom stereocenters. The van der Waals surface area contributed by atoms with Crippen molar-refractivity contribution in [1.82, 2.24) is 15.2 Å². The maximum Gasteiger partial charge on any atom is 0.113 e. The number of hydrogen-bond donors (Lipinski definition) is 1. The summed E-state index contributed by atoms with van der Waals surface area (Å²) < 4.78 is 0. The van der Waals surface area contributed by atoms with Gasteiger partial charge in [0.25, 0.3) is 0 Å². The summed E-state index contributed by atoms with van der Waals surface area (Å²) in [5.74, 6) is 0. The van der Waals surface area contributed by atoms with E-state index in [9.17, 15) is 0 Å². The Bertz CT molecular complexity index is 425. The molecule has 1 fully saturated rings. The first-order valence-corrected chi connectivity index (χ1v) is 8.83. The molecule has 1 unspecified atom stereocenters. The van der Waals surface area contributed by atoms with Crippen LogP contribution in [0.3, 0.4) is 0 Å². The van der Waals surface area contributed by atoms with Crippen LogP contribution >= 0.6 is 11.3 Å². The second-order valence-electron chi connectivity index (χ2n) is 6.04.